The normalized spacial score (nSPS) is 10.8. The molecular formula is C13H19N5. The summed E-state index contributed by atoms with van der Waals surface area (Å²) >= 11 is 0. The highest BCUT2D eigenvalue weighted by Gasteiger charge is 2.05. The van der Waals surface area contributed by atoms with Gasteiger partial charge in [0, 0.05) is 43.3 Å². The molecule has 0 spiro atoms. The van der Waals surface area contributed by atoms with Gasteiger partial charge in [0.1, 0.15) is 5.82 Å². The second kappa shape index (κ2) is 6.26. The van der Waals surface area contributed by atoms with Crippen molar-refractivity contribution in [2.45, 2.75) is 33.2 Å². The van der Waals surface area contributed by atoms with E-state index in [1.54, 1.807) is 6.20 Å². The Morgan fingerprint density at radius 3 is 2.61 bits per heavy atom. The van der Waals surface area contributed by atoms with Crippen LogP contribution in [0.1, 0.15) is 31.7 Å². The lowest BCUT2D eigenvalue weighted by Crippen LogP contribution is -2.14. The summed E-state index contributed by atoms with van der Waals surface area (Å²) < 4.78 is 1.92. The largest absolute Gasteiger partial charge is 0.313 e. The summed E-state index contributed by atoms with van der Waals surface area (Å²) in [6, 6.07) is 0. The first kappa shape index (κ1) is 12.7. The third-order valence-corrected chi connectivity index (χ3v) is 2.70. The van der Waals surface area contributed by atoms with E-state index in [9.17, 15) is 0 Å². The molecule has 0 amide bonds. The first-order chi connectivity index (χ1) is 8.85. The summed E-state index contributed by atoms with van der Waals surface area (Å²) in [7, 11) is 0. The molecule has 0 aliphatic carbocycles. The van der Waals surface area contributed by atoms with Gasteiger partial charge >= 0.3 is 0 Å². The SMILES string of the molecule is CCCNCc1cnc(-n2ccnc2CC)nc1. The van der Waals surface area contributed by atoms with Crippen LogP contribution in [-0.2, 0) is 13.0 Å². The van der Waals surface area contributed by atoms with Crippen LogP contribution in [0.4, 0.5) is 0 Å². The van der Waals surface area contributed by atoms with Crippen molar-refractivity contribution >= 4 is 0 Å². The topological polar surface area (TPSA) is 55.6 Å². The number of imidazole rings is 1. The highest BCUT2D eigenvalue weighted by atomic mass is 15.2. The zero-order chi connectivity index (χ0) is 12.8. The predicted molar refractivity (Wildman–Crippen MR) is 70.5 cm³/mol. The quantitative estimate of drug-likeness (QED) is 0.787. The third kappa shape index (κ3) is 2.92. The Hall–Kier alpha value is -1.75. The zero-order valence-electron chi connectivity index (χ0n) is 10.9. The van der Waals surface area contributed by atoms with E-state index in [1.807, 2.05) is 23.2 Å². The second-order valence-electron chi connectivity index (χ2n) is 4.14. The van der Waals surface area contributed by atoms with Crippen molar-refractivity contribution in [2.75, 3.05) is 6.54 Å². The van der Waals surface area contributed by atoms with Crippen LogP contribution >= 0.6 is 0 Å². The maximum Gasteiger partial charge on any atom is 0.235 e. The number of hydrogen-bond acceptors (Lipinski definition) is 4. The molecule has 5 heteroatoms. The lowest BCUT2D eigenvalue weighted by atomic mass is 10.3. The van der Waals surface area contributed by atoms with Gasteiger partial charge in [-0.2, -0.15) is 0 Å². The number of aromatic nitrogens is 4. The van der Waals surface area contributed by atoms with Gasteiger partial charge in [0.05, 0.1) is 0 Å². The molecule has 0 aromatic carbocycles. The van der Waals surface area contributed by atoms with Crippen molar-refractivity contribution in [3.05, 3.63) is 36.2 Å². The van der Waals surface area contributed by atoms with Crippen LogP contribution in [0.15, 0.2) is 24.8 Å². The minimum atomic E-state index is 0.684. The van der Waals surface area contributed by atoms with Crippen LogP contribution in [0.25, 0.3) is 5.95 Å². The summed E-state index contributed by atoms with van der Waals surface area (Å²) in [5, 5.41) is 3.33. The highest BCUT2D eigenvalue weighted by Crippen LogP contribution is 2.06. The van der Waals surface area contributed by atoms with E-state index in [1.165, 1.54) is 0 Å². The van der Waals surface area contributed by atoms with Gasteiger partial charge in [-0.05, 0) is 13.0 Å². The first-order valence-corrected chi connectivity index (χ1v) is 6.39. The molecule has 0 aliphatic heterocycles. The summed E-state index contributed by atoms with van der Waals surface area (Å²) in [5.41, 5.74) is 1.10. The van der Waals surface area contributed by atoms with Gasteiger partial charge in [0.25, 0.3) is 0 Å². The van der Waals surface area contributed by atoms with Crippen LogP contribution in [0, 0.1) is 0 Å². The number of hydrogen-bond donors (Lipinski definition) is 1. The molecule has 0 radical (unpaired) electrons. The fraction of sp³-hybridized carbons (Fsp3) is 0.462. The maximum atomic E-state index is 4.38. The van der Waals surface area contributed by atoms with Gasteiger partial charge in [-0.25, -0.2) is 15.0 Å². The Bertz CT molecular complexity index is 474. The number of nitrogens with one attached hydrogen (secondary N) is 1. The molecule has 0 atom stereocenters. The van der Waals surface area contributed by atoms with Crippen LogP contribution in [0.3, 0.4) is 0 Å². The number of nitrogens with zero attached hydrogens (tertiary/aromatic N) is 4. The molecule has 2 aromatic rings. The summed E-state index contributed by atoms with van der Waals surface area (Å²) in [6.07, 6.45) is 9.40. The van der Waals surface area contributed by atoms with E-state index in [0.29, 0.717) is 5.95 Å². The van der Waals surface area contributed by atoms with E-state index >= 15 is 0 Å². The Morgan fingerprint density at radius 2 is 1.94 bits per heavy atom. The number of aryl methyl sites for hydroxylation is 1. The van der Waals surface area contributed by atoms with Crippen molar-refractivity contribution in [3.8, 4) is 5.95 Å². The minimum Gasteiger partial charge on any atom is -0.313 e. The first-order valence-electron chi connectivity index (χ1n) is 6.39. The third-order valence-electron chi connectivity index (χ3n) is 2.70. The molecule has 1 N–H and O–H groups in total. The molecule has 96 valence electrons. The van der Waals surface area contributed by atoms with Gasteiger partial charge < -0.3 is 5.32 Å². The maximum absolute atomic E-state index is 4.38. The van der Waals surface area contributed by atoms with E-state index in [2.05, 4.69) is 34.1 Å². The molecule has 2 rings (SSSR count). The molecule has 0 unspecified atom stereocenters. The van der Waals surface area contributed by atoms with Crippen molar-refractivity contribution in [1.82, 2.24) is 24.8 Å². The Kier molecular flexibility index (Phi) is 4.41. The minimum absolute atomic E-state index is 0.684. The predicted octanol–water partition coefficient (Wildman–Crippen LogP) is 1.72. The molecule has 0 saturated heterocycles. The van der Waals surface area contributed by atoms with E-state index in [-0.39, 0.29) is 0 Å². The lowest BCUT2D eigenvalue weighted by molar-refractivity contribution is 0.670. The molecule has 0 fully saturated rings. The second-order valence-corrected chi connectivity index (χ2v) is 4.14. The van der Waals surface area contributed by atoms with E-state index < -0.39 is 0 Å². The smallest absolute Gasteiger partial charge is 0.235 e. The fourth-order valence-electron chi connectivity index (χ4n) is 1.75. The average Bonchev–Trinajstić information content (AvgIpc) is 2.88. The van der Waals surface area contributed by atoms with E-state index in [0.717, 1.165) is 37.3 Å². The molecule has 0 bridgehead atoms. The Balaban J connectivity index is 2.07. The van der Waals surface area contributed by atoms with Gasteiger partial charge in [-0.3, -0.25) is 4.57 Å². The molecule has 5 nitrogen and oxygen atoms in total. The zero-order valence-corrected chi connectivity index (χ0v) is 10.9. The van der Waals surface area contributed by atoms with Gasteiger partial charge in [-0.1, -0.05) is 13.8 Å². The van der Waals surface area contributed by atoms with E-state index in [4.69, 9.17) is 0 Å². The molecule has 0 aliphatic rings. The summed E-state index contributed by atoms with van der Waals surface area (Å²) in [5.74, 6) is 1.66. The van der Waals surface area contributed by atoms with Crippen LogP contribution in [-0.4, -0.2) is 26.1 Å². The van der Waals surface area contributed by atoms with Gasteiger partial charge in [-0.15, -0.1) is 0 Å². The molecule has 2 heterocycles. The Labute approximate surface area is 107 Å². The van der Waals surface area contributed by atoms with Gasteiger partial charge in [0.2, 0.25) is 5.95 Å². The molecular weight excluding hydrogens is 226 g/mol. The van der Waals surface area contributed by atoms with Gasteiger partial charge in [0.15, 0.2) is 0 Å². The summed E-state index contributed by atoms with van der Waals surface area (Å²) in [4.78, 5) is 13.0. The van der Waals surface area contributed by atoms with Crippen molar-refractivity contribution in [1.29, 1.82) is 0 Å². The standard InChI is InChI=1S/C13H19N5/c1-3-5-14-8-11-9-16-13(17-10-11)18-7-6-15-12(18)4-2/h6-7,9-10,14H,3-5,8H2,1-2H3. The molecule has 18 heavy (non-hydrogen) atoms. The van der Waals surface area contributed by atoms with Crippen molar-refractivity contribution in [3.63, 3.8) is 0 Å². The van der Waals surface area contributed by atoms with Crippen molar-refractivity contribution < 1.29 is 0 Å². The highest BCUT2D eigenvalue weighted by molar-refractivity contribution is 5.17. The van der Waals surface area contributed by atoms with Crippen molar-refractivity contribution in [2.24, 2.45) is 0 Å². The fourth-order valence-corrected chi connectivity index (χ4v) is 1.75. The monoisotopic (exact) mass is 245 g/mol. The average molecular weight is 245 g/mol. The molecule has 0 saturated carbocycles. The van der Waals surface area contributed by atoms with Crippen LogP contribution < -0.4 is 5.32 Å². The lowest BCUT2D eigenvalue weighted by Gasteiger charge is -2.06. The molecule has 2 aromatic heterocycles. The van der Waals surface area contributed by atoms with Crippen LogP contribution in [0.2, 0.25) is 0 Å². The summed E-state index contributed by atoms with van der Waals surface area (Å²) in [6.45, 7) is 6.06. The Morgan fingerprint density at radius 1 is 1.17 bits per heavy atom. The van der Waals surface area contributed by atoms with Crippen LogP contribution in [0.5, 0.6) is 0 Å². The number of rotatable bonds is 6.